The van der Waals surface area contributed by atoms with Crippen LogP contribution in [0.5, 0.6) is 0 Å². The monoisotopic (exact) mass is 344 g/mol. The van der Waals surface area contributed by atoms with Crippen molar-refractivity contribution in [1.29, 1.82) is 5.26 Å². The zero-order valence-corrected chi connectivity index (χ0v) is 14.5. The molecule has 3 aromatic rings. The van der Waals surface area contributed by atoms with Crippen molar-refractivity contribution >= 4 is 0 Å². The average molecular weight is 344 g/mol. The van der Waals surface area contributed by atoms with Crippen molar-refractivity contribution < 1.29 is 0 Å². The van der Waals surface area contributed by atoms with Crippen LogP contribution in [0.3, 0.4) is 0 Å². The van der Waals surface area contributed by atoms with Crippen molar-refractivity contribution in [2.24, 2.45) is 0 Å². The van der Waals surface area contributed by atoms with Gasteiger partial charge >= 0.3 is 0 Å². The summed E-state index contributed by atoms with van der Waals surface area (Å²) in [5.41, 5.74) is 2.89. The second-order valence-electron chi connectivity index (χ2n) is 6.56. The molecule has 26 heavy (non-hydrogen) atoms. The molecule has 1 atom stereocenters. The molecule has 1 fully saturated rings. The van der Waals surface area contributed by atoms with Gasteiger partial charge < -0.3 is 0 Å². The van der Waals surface area contributed by atoms with Crippen molar-refractivity contribution in [3.05, 3.63) is 77.1 Å². The predicted molar refractivity (Wildman–Crippen MR) is 97.2 cm³/mol. The number of likely N-dealkylation sites (tertiary alicyclic amines) is 1. The van der Waals surface area contributed by atoms with Crippen LogP contribution in [0.4, 0.5) is 0 Å². The van der Waals surface area contributed by atoms with Crippen LogP contribution in [0, 0.1) is 11.3 Å². The normalized spacial score (nSPS) is 15.7. The van der Waals surface area contributed by atoms with E-state index in [4.69, 9.17) is 0 Å². The molecule has 2 heterocycles. The molecule has 1 aliphatic rings. The van der Waals surface area contributed by atoms with Gasteiger partial charge in [0.1, 0.15) is 0 Å². The van der Waals surface area contributed by atoms with Crippen LogP contribution in [-0.4, -0.2) is 38.2 Å². The van der Waals surface area contributed by atoms with E-state index >= 15 is 0 Å². The highest BCUT2D eigenvalue weighted by Crippen LogP contribution is 2.30. The molecule has 0 N–H and O–H groups in total. The molecule has 1 saturated heterocycles. The molecule has 0 amide bonds. The number of benzene rings is 2. The number of hydrogen-bond donors (Lipinski definition) is 0. The Morgan fingerprint density at radius 1 is 1.04 bits per heavy atom. The predicted octanol–water partition coefficient (Wildman–Crippen LogP) is 2.78. The highest BCUT2D eigenvalue weighted by molar-refractivity contribution is 5.36. The van der Waals surface area contributed by atoms with Gasteiger partial charge in [0.2, 0.25) is 0 Å². The SMILES string of the molecule is N#Cc1cccc([C@H](c2nnnn2Cc2ccccc2)N2CCCC2)c1. The molecule has 1 aliphatic heterocycles. The van der Waals surface area contributed by atoms with Crippen LogP contribution in [0.25, 0.3) is 0 Å². The second kappa shape index (κ2) is 7.46. The van der Waals surface area contributed by atoms with Crippen LogP contribution in [-0.2, 0) is 6.54 Å². The maximum atomic E-state index is 9.28. The molecule has 130 valence electrons. The quantitative estimate of drug-likeness (QED) is 0.712. The fourth-order valence-corrected chi connectivity index (χ4v) is 3.58. The number of nitrogens with zero attached hydrogens (tertiary/aromatic N) is 6. The van der Waals surface area contributed by atoms with E-state index in [0.717, 1.165) is 30.0 Å². The Morgan fingerprint density at radius 3 is 2.62 bits per heavy atom. The molecular weight excluding hydrogens is 324 g/mol. The Kier molecular flexibility index (Phi) is 4.71. The molecule has 0 aliphatic carbocycles. The van der Waals surface area contributed by atoms with E-state index in [9.17, 15) is 5.26 Å². The van der Waals surface area contributed by atoms with Crippen LogP contribution >= 0.6 is 0 Å². The lowest BCUT2D eigenvalue weighted by Crippen LogP contribution is -2.29. The van der Waals surface area contributed by atoms with E-state index < -0.39 is 0 Å². The maximum Gasteiger partial charge on any atom is 0.173 e. The summed E-state index contributed by atoms with van der Waals surface area (Å²) >= 11 is 0. The average Bonchev–Trinajstić information content (AvgIpc) is 3.36. The molecule has 0 spiro atoms. The van der Waals surface area contributed by atoms with Crippen molar-refractivity contribution in [3.63, 3.8) is 0 Å². The molecule has 1 aromatic heterocycles. The van der Waals surface area contributed by atoms with Gasteiger partial charge in [0.05, 0.1) is 24.2 Å². The number of aromatic nitrogens is 4. The van der Waals surface area contributed by atoms with Crippen molar-refractivity contribution in [1.82, 2.24) is 25.1 Å². The maximum absolute atomic E-state index is 9.28. The zero-order chi connectivity index (χ0) is 17.8. The van der Waals surface area contributed by atoms with E-state index in [-0.39, 0.29) is 6.04 Å². The standard InChI is InChI=1S/C20H20N6/c21-14-17-9-6-10-18(13-17)19(25-11-4-5-12-25)20-22-23-24-26(20)15-16-7-2-1-3-8-16/h1-3,6-10,13,19H,4-5,11-12,15H2/t19-/m1/s1. The highest BCUT2D eigenvalue weighted by atomic mass is 15.5. The molecule has 6 nitrogen and oxygen atoms in total. The first-order valence-electron chi connectivity index (χ1n) is 8.89. The third-order valence-corrected chi connectivity index (χ3v) is 4.82. The first-order chi connectivity index (χ1) is 12.8. The number of hydrogen-bond acceptors (Lipinski definition) is 5. The van der Waals surface area contributed by atoms with E-state index in [1.165, 1.54) is 12.8 Å². The summed E-state index contributed by atoms with van der Waals surface area (Å²) in [6.45, 7) is 2.66. The van der Waals surface area contributed by atoms with Gasteiger partial charge in [-0.05, 0) is 59.6 Å². The molecule has 6 heteroatoms. The Labute approximate surface area is 152 Å². The number of tetrazole rings is 1. The molecule has 0 saturated carbocycles. The van der Waals surface area contributed by atoms with Gasteiger partial charge in [0, 0.05) is 0 Å². The van der Waals surface area contributed by atoms with Crippen LogP contribution in [0.1, 0.15) is 41.4 Å². The van der Waals surface area contributed by atoms with E-state index in [1.807, 2.05) is 41.1 Å². The van der Waals surface area contributed by atoms with Gasteiger partial charge in [0.15, 0.2) is 5.82 Å². The zero-order valence-electron chi connectivity index (χ0n) is 14.5. The number of nitriles is 1. The van der Waals surface area contributed by atoms with E-state index in [2.05, 4.69) is 44.7 Å². The lowest BCUT2D eigenvalue weighted by Gasteiger charge is -2.27. The third kappa shape index (κ3) is 3.35. The summed E-state index contributed by atoms with van der Waals surface area (Å²) in [5, 5.41) is 21.8. The van der Waals surface area contributed by atoms with Crippen LogP contribution < -0.4 is 0 Å². The topological polar surface area (TPSA) is 70.6 Å². The molecule has 0 bridgehead atoms. The van der Waals surface area contributed by atoms with E-state index in [0.29, 0.717) is 12.1 Å². The minimum absolute atomic E-state index is 0.0375. The van der Waals surface area contributed by atoms with Gasteiger partial charge in [-0.3, -0.25) is 4.90 Å². The van der Waals surface area contributed by atoms with Crippen LogP contribution in [0.15, 0.2) is 54.6 Å². The molecule has 0 unspecified atom stereocenters. The van der Waals surface area contributed by atoms with Gasteiger partial charge in [-0.2, -0.15) is 5.26 Å². The molecule has 4 rings (SSSR count). The van der Waals surface area contributed by atoms with Gasteiger partial charge in [-0.1, -0.05) is 42.5 Å². The first-order valence-corrected chi connectivity index (χ1v) is 8.89. The number of rotatable bonds is 5. The van der Waals surface area contributed by atoms with Gasteiger partial charge in [0.25, 0.3) is 0 Å². The van der Waals surface area contributed by atoms with Gasteiger partial charge in [-0.15, -0.1) is 5.10 Å². The summed E-state index contributed by atoms with van der Waals surface area (Å²) in [6, 6.07) is 20.2. The smallest absolute Gasteiger partial charge is 0.173 e. The lowest BCUT2D eigenvalue weighted by atomic mass is 10.0. The summed E-state index contributed by atoms with van der Waals surface area (Å²) in [5.74, 6) is 0.825. The Hall–Kier alpha value is -3.04. The van der Waals surface area contributed by atoms with Gasteiger partial charge in [-0.25, -0.2) is 4.68 Å². The fraction of sp³-hybridized carbons (Fsp3) is 0.300. The minimum Gasteiger partial charge on any atom is -0.290 e. The third-order valence-electron chi connectivity index (χ3n) is 4.82. The summed E-state index contributed by atoms with van der Waals surface area (Å²) < 4.78 is 1.87. The van der Waals surface area contributed by atoms with Crippen molar-refractivity contribution in [3.8, 4) is 6.07 Å². The lowest BCUT2D eigenvalue weighted by molar-refractivity contribution is 0.264. The fourth-order valence-electron chi connectivity index (χ4n) is 3.58. The Bertz CT molecular complexity index is 905. The van der Waals surface area contributed by atoms with Crippen molar-refractivity contribution in [2.75, 3.05) is 13.1 Å². The van der Waals surface area contributed by atoms with Crippen LogP contribution in [0.2, 0.25) is 0 Å². The molecular formula is C20H20N6. The summed E-state index contributed by atoms with van der Waals surface area (Å²) in [7, 11) is 0. The minimum atomic E-state index is -0.0375. The van der Waals surface area contributed by atoms with Crippen molar-refractivity contribution in [2.45, 2.75) is 25.4 Å². The molecule has 2 aromatic carbocycles. The Morgan fingerprint density at radius 2 is 1.85 bits per heavy atom. The Balaban J connectivity index is 1.73. The summed E-state index contributed by atoms with van der Waals surface area (Å²) in [6.07, 6.45) is 2.35. The first kappa shape index (κ1) is 16.4. The highest BCUT2D eigenvalue weighted by Gasteiger charge is 2.30. The second-order valence-corrected chi connectivity index (χ2v) is 6.56. The largest absolute Gasteiger partial charge is 0.290 e. The van der Waals surface area contributed by atoms with E-state index in [1.54, 1.807) is 0 Å². The molecule has 0 radical (unpaired) electrons. The summed E-state index contributed by atoms with van der Waals surface area (Å²) in [4.78, 5) is 2.41.